The van der Waals surface area contributed by atoms with Crippen LogP contribution in [0.1, 0.15) is 29.8 Å². The molecule has 1 amide bonds. The van der Waals surface area contributed by atoms with Crippen molar-refractivity contribution in [3.63, 3.8) is 0 Å². The summed E-state index contributed by atoms with van der Waals surface area (Å²) in [6.45, 7) is 4.96. The number of hydrogen-bond donors (Lipinski definition) is 3. The minimum atomic E-state index is -3.69. The van der Waals surface area contributed by atoms with E-state index in [1.807, 2.05) is 0 Å². The van der Waals surface area contributed by atoms with Gasteiger partial charge in [0, 0.05) is 18.8 Å². The SMILES string of the molecule is CCN(CC)S(=O)(=O)c1cccc(NC(=O)COC(=O)c2ccc(C)c(O)c2O)c1. The lowest BCUT2D eigenvalue weighted by molar-refractivity contribution is -0.119. The molecule has 0 saturated carbocycles. The first-order chi connectivity index (χ1) is 14.1. The highest BCUT2D eigenvalue weighted by molar-refractivity contribution is 7.89. The van der Waals surface area contributed by atoms with Gasteiger partial charge in [-0.2, -0.15) is 4.31 Å². The molecule has 0 aliphatic rings. The van der Waals surface area contributed by atoms with E-state index in [1.165, 1.54) is 40.7 Å². The van der Waals surface area contributed by atoms with E-state index in [-0.39, 0.29) is 16.1 Å². The first-order valence-corrected chi connectivity index (χ1v) is 10.6. The van der Waals surface area contributed by atoms with Crippen LogP contribution in [0.2, 0.25) is 0 Å². The lowest BCUT2D eigenvalue weighted by Crippen LogP contribution is -2.30. The van der Waals surface area contributed by atoms with Crippen molar-refractivity contribution >= 4 is 27.6 Å². The fraction of sp³-hybridized carbons (Fsp3) is 0.300. The number of amides is 1. The maximum absolute atomic E-state index is 12.6. The Labute approximate surface area is 175 Å². The molecule has 2 rings (SSSR count). The number of sulfonamides is 1. The predicted molar refractivity (Wildman–Crippen MR) is 110 cm³/mol. The van der Waals surface area contributed by atoms with Crippen molar-refractivity contribution in [2.24, 2.45) is 0 Å². The van der Waals surface area contributed by atoms with Crippen molar-refractivity contribution in [2.45, 2.75) is 25.7 Å². The average Bonchev–Trinajstić information content (AvgIpc) is 2.71. The number of hydrogen-bond acceptors (Lipinski definition) is 7. The lowest BCUT2D eigenvalue weighted by Gasteiger charge is -2.18. The minimum Gasteiger partial charge on any atom is -0.504 e. The highest BCUT2D eigenvalue weighted by Crippen LogP contribution is 2.32. The fourth-order valence-corrected chi connectivity index (χ4v) is 4.20. The number of nitrogens with one attached hydrogen (secondary N) is 1. The number of nitrogens with zero attached hydrogens (tertiary/aromatic N) is 1. The Morgan fingerprint density at radius 1 is 1.07 bits per heavy atom. The van der Waals surface area contributed by atoms with E-state index in [4.69, 9.17) is 4.74 Å². The van der Waals surface area contributed by atoms with Crippen LogP contribution in [0.25, 0.3) is 0 Å². The first-order valence-electron chi connectivity index (χ1n) is 9.20. The zero-order chi connectivity index (χ0) is 22.5. The number of phenols is 2. The van der Waals surface area contributed by atoms with Crippen LogP contribution in [0.15, 0.2) is 41.3 Å². The molecule has 10 heteroatoms. The summed E-state index contributed by atoms with van der Waals surface area (Å²) in [7, 11) is -3.69. The molecule has 0 atom stereocenters. The average molecular weight is 436 g/mol. The second-order valence-electron chi connectivity index (χ2n) is 6.37. The number of anilines is 1. The van der Waals surface area contributed by atoms with Gasteiger partial charge in [0.05, 0.1) is 4.90 Å². The van der Waals surface area contributed by atoms with Crippen molar-refractivity contribution in [2.75, 3.05) is 25.0 Å². The molecule has 0 aliphatic heterocycles. The van der Waals surface area contributed by atoms with Gasteiger partial charge < -0.3 is 20.3 Å². The molecule has 0 radical (unpaired) electrons. The van der Waals surface area contributed by atoms with E-state index in [2.05, 4.69) is 5.32 Å². The van der Waals surface area contributed by atoms with Crippen LogP contribution >= 0.6 is 0 Å². The van der Waals surface area contributed by atoms with Crippen LogP contribution in [0.3, 0.4) is 0 Å². The number of aryl methyl sites for hydroxylation is 1. The van der Waals surface area contributed by atoms with E-state index in [0.717, 1.165) is 0 Å². The Bertz CT molecular complexity index is 1050. The van der Waals surface area contributed by atoms with Gasteiger partial charge in [0.25, 0.3) is 5.91 Å². The van der Waals surface area contributed by atoms with Gasteiger partial charge in [0.1, 0.15) is 5.56 Å². The molecule has 0 unspecified atom stereocenters. The Morgan fingerprint density at radius 3 is 2.37 bits per heavy atom. The van der Waals surface area contributed by atoms with Gasteiger partial charge >= 0.3 is 5.97 Å². The minimum absolute atomic E-state index is 0.0287. The number of benzene rings is 2. The van der Waals surface area contributed by atoms with E-state index in [9.17, 15) is 28.2 Å². The van der Waals surface area contributed by atoms with Crippen LogP contribution < -0.4 is 5.32 Å². The van der Waals surface area contributed by atoms with Crippen LogP contribution in [-0.2, 0) is 19.6 Å². The lowest BCUT2D eigenvalue weighted by atomic mass is 10.1. The Kier molecular flexibility index (Phi) is 7.41. The number of rotatable bonds is 8. The third kappa shape index (κ3) is 5.08. The van der Waals surface area contributed by atoms with Gasteiger partial charge in [-0.25, -0.2) is 13.2 Å². The normalized spacial score (nSPS) is 11.3. The third-order valence-corrected chi connectivity index (χ3v) is 6.41. The molecule has 2 aromatic rings. The Hall–Kier alpha value is -3.11. The zero-order valence-corrected chi connectivity index (χ0v) is 17.7. The smallest absolute Gasteiger partial charge is 0.342 e. The molecular weight excluding hydrogens is 412 g/mol. The molecule has 0 saturated heterocycles. The van der Waals surface area contributed by atoms with Crippen molar-refractivity contribution < 1.29 is 33.0 Å². The van der Waals surface area contributed by atoms with Gasteiger partial charge in [-0.3, -0.25) is 4.79 Å². The van der Waals surface area contributed by atoms with Gasteiger partial charge in [-0.05, 0) is 36.8 Å². The second kappa shape index (κ2) is 9.59. The van der Waals surface area contributed by atoms with E-state index in [0.29, 0.717) is 18.7 Å². The van der Waals surface area contributed by atoms with Gasteiger partial charge in [0.2, 0.25) is 10.0 Å². The summed E-state index contributed by atoms with van der Waals surface area (Å²) in [4.78, 5) is 24.2. The summed E-state index contributed by atoms with van der Waals surface area (Å²) < 4.78 is 31.3. The van der Waals surface area contributed by atoms with Gasteiger partial charge in [-0.15, -0.1) is 0 Å². The monoisotopic (exact) mass is 436 g/mol. The molecule has 0 aromatic heterocycles. The van der Waals surface area contributed by atoms with E-state index < -0.39 is 40.0 Å². The molecule has 0 aliphatic carbocycles. The number of carbonyl (C=O) groups excluding carboxylic acids is 2. The standard InChI is InChI=1S/C20H24N2O7S/c1-4-22(5-2)30(27,28)15-8-6-7-14(11-15)21-17(23)12-29-20(26)16-10-9-13(3)18(24)19(16)25/h6-11,24-25H,4-5,12H2,1-3H3,(H,21,23). The van der Waals surface area contributed by atoms with Crippen molar-refractivity contribution in [3.8, 4) is 11.5 Å². The van der Waals surface area contributed by atoms with Crippen LogP contribution in [0.5, 0.6) is 11.5 Å². The molecule has 2 aromatic carbocycles. The Morgan fingerprint density at radius 2 is 1.73 bits per heavy atom. The van der Waals surface area contributed by atoms with Crippen molar-refractivity contribution in [3.05, 3.63) is 47.5 Å². The second-order valence-corrected chi connectivity index (χ2v) is 8.31. The molecule has 9 nitrogen and oxygen atoms in total. The van der Waals surface area contributed by atoms with Crippen molar-refractivity contribution in [1.82, 2.24) is 4.31 Å². The summed E-state index contributed by atoms with van der Waals surface area (Å²) in [6, 6.07) is 8.43. The van der Waals surface area contributed by atoms with Crippen LogP contribution in [0, 0.1) is 6.92 Å². The number of aromatic hydroxyl groups is 2. The molecule has 0 fully saturated rings. The zero-order valence-electron chi connectivity index (χ0n) is 16.9. The molecule has 30 heavy (non-hydrogen) atoms. The first kappa shape index (κ1) is 23.2. The summed E-state index contributed by atoms with van der Waals surface area (Å²) in [5, 5.41) is 22.0. The van der Waals surface area contributed by atoms with E-state index >= 15 is 0 Å². The molecular formula is C20H24N2O7S. The Balaban J connectivity index is 2.06. The van der Waals surface area contributed by atoms with Crippen molar-refractivity contribution in [1.29, 1.82) is 0 Å². The molecule has 162 valence electrons. The largest absolute Gasteiger partial charge is 0.504 e. The maximum atomic E-state index is 12.6. The number of phenolic OH excluding ortho intramolecular Hbond substituents is 2. The fourth-order valence-electron chi connectivity index (χ4n) is 2.70. The van der Waals surface area contributed by atoms with Crippen LogP contribution in [-0.4, -0.2) is 54.5 Å². The number of ether oxygens (including phenoxy) is 1. The highest BCUT2D eigenvalue weighted by Gasteiger charge is 2.22. The number of carbonyl (C=O) groups is 2. The third-order valence-electron chi connectivity index (χ3n) is 4.37. The quantitative estimate of drug-likeness (QED) is 0.427. The summed E-state index contributed by atoms with van der Waals surface area (Å²) in [6.07, 6.45) is 0. The summed E-state index contributed by atoms with van der Waals surface area (Å²) in [5.74, 6) is -2.76. The molecule has 0 spiro atoms. The summed E-state index contributed by atoms with van der Waals surface area (Å²) in [5.41, 5.74) is 0.319. The topological polar surface area (TPSA) is 133 Å². The molecule has 3 N–H and O–H groups in total. The molecule has 0 heterocycles. The number of esters is 1. The molecule has 0 bridgehead atoms. The predicted octanol–water partition coefficient (Wildman–Crippen LogP) is 2.23. The summed E-state index contributed by atoms with van der Waals surface area (Å²) >= 11 is 0. The van der Waals surface area contributed by atoms with Crippen LogP contribution in [0.4, 0.5) is 5.69 Å². The highest BCUT2D eigenvalue weighted by atomic mass is 32.2. The van der Waals surface area contributed by atoms with Gasteiger partial charge in [0.15, 0.2) is 18.1 Å². The van der Waals surface area contributed by atoms with E-state index in [1.54, 1.807) is 20.8 Å². The van der Waals surface area contributed by atoms with Gasteiger partial charge in [-0.1, -0.05) is 26.0 Å². The maximum Gasteiger partial charge on any atom is 0.342 e.